The molecule has 0 saturated heterocycles. The van der Waals surface area contributed by atoms with Crippen molar-refractivity contribution in [3.8, 4) is 0 Å². The highest BCUT2D eigenvalue weighted by Crippen LogP contribution is 2.18. The van der Waals surface area contributed by atoms with E-state index in [1.54, 1.807) is 0 Å². The van der Waals surface area contributed by atoms with Crippen LogP contribution in [0, 0.1) is 0 Å². The summed E-state index contributed by atoms with van der Waals surface area (Å²) < 4.78 is 4.57. The minimum absolute atomic E-state index is 0.261. The lowest BCUT2D eigenvalue weighted by molar-refractivity contribution is -0.141. The maximum absolute atomic E-state index is 11.0. The van der Waals surface area contributed by atoms with E-state index in [0.717, 1.165) is 19.5 Å². The number of aliphatic hydroxyl groups is 1. The van der Waals surface area contributed by atoms with Crippen molar-refractivity contribution in [2.75, 3.05) is 20.2 Å². The number of esters is 1. The molecule has 1 aromatic rings. The van der Waals surface area contributed by atoms with Crippen molar-refractivity contribution in [1.82, 2.24) is 4.90 Å². The van der Waals surface area contributed by atoms with Gasteiger partial charge in [0.25, 0.3) is 0 Å². The molecule has 4 heteroatoms. The molecule has 0 spiro atoms. The van der Waals surface area contributed by atoms with Gasteiger partial charge in [0, 0.05) is 26.1 Å². The Kier molecular flexibility index (Phi) is 4.93. The van der Waals surface area contributed by atoms with Crippen molar-refractivity contribution in [2.24, 2.45) is 0 Å². The van der Waals surface area contributed by atoms with Crippen LogP contribution in [0.1, 0.15) is 24.0 Å². The summed E-state index contributed by atoms with van der Waals surface area (Å²) in [5.74, 6) is -0.261. The van der Waals surface area contributed by atoms with E-state index >= 15 is 0 Å². The maximum Gasteiger partial charge on any atom is 0.305 e. The number of benzene rings is 1. The first-order valence-corrected chi connectivity index (χ1v) is 6.73. The maximum atomic E-state index is 11.0. The summed E-state index contributed by atoms with van der Waals surface area (Å²) >= 11 is 0. The molecule has 1 N–H and O–H groups in total. The van der Waals surface area contributed by atoms with Gasteiger partial charge in [-0.2, -0.15) is 0 Å². The fourth-order valence-corrected chi connectivity index (χ4v) is 2.49. The van der Waals surface area contributed by atoms with Crippen LogP contribution < -0.4 is 0 Å². The van der Waals surface area contributed by atoms with E-state index in [4.69, 9.17) is 0 Å². The fraction of sp³-hybridized carbons (Fsp3) is 0.533. The number of rotatable bonds is 5. The number of carbonyl (C=O) groups is 1. The lowest BCUT2D eigenvalue weighted by Gasteiger charge is -2.30. The summed E-state index contributed by atoms with van der Waals surface area (Å²) in [6.45, 7) is 2.46. The quantitative estimate of drug-likeness (QED) is 0.815. The number of ether oxygens (including phenoxy) is 1. The summed E-state index contributed by atoms with van der Waals surface area (Å²) in [6, 6.07) is 8.43. The highest BCUT2D eigenvalue weighted by molar-refractivity contribution is 5.69. The number of aliphatic hydroxyl groups excluding tert-OH is 1. The largest absolute Gasteiger partial charge is 0.469 e. The van der Waals surface area contributed by atoms with Gasteiger partial charge in [-0.15, -0.1) is 0 Å². The van der Waals surface area contributed by atoms with Crippen LogP contribution in [0.15, 0.2) is 24.3 Å². The van der Waals surface area contributed by atoms with E-state index in [-0.39, 0.29) is 12.4 Å². The molecule has 4 nitrogen and oxygen atoms in total. The zero-order valence-electron chi connectivity index (χ0n) is 11.3. The van der Waals surface area contributed by atoms with Gasteiger partial charge in [0.1, 0.15) is 0 Å². The molecular weight excluding hydrogens is 242 g/mol. The molecule has 104 valence electrons. The van der Waals surface area contributed by atoms with Crippen LogP contribution >= 0.6 is 0 Å². The molecule has 0 radical (unpaired) electrons. The van der Waals surface area contributed by atoms with E-state index in [0.29, 0.717) is 13.0 Å². The number of carbonyl (C=O) groups excluding carboxylic acids is 1. The van der Waals surface area contributed by atoms with Crippen molar-refractivity contribution in [3.63, 3.8) is 0 Å². The van der Waals surface area contributed by atoms with Crippen molar-refractivity contribution >= 4 is 5.97 Å². The summed E-state index contributed by atoms with van der Waals surface area (Å²) in [6.07, 6.45) is 1.30. The topological polar surface area (TPSA) is 49.8 Å². The molecule has 1 aromatic carbocycles. The first kappa shape index (κ1) is 14.0. The molecule has 1 atom stereocenters. The zero-order chi connectivity index (χ0) is 13.7. The van der Waals surface area contributed by atoms with E-state index in [1.165, 1.54) is 18.2 Å². The minimum atomic E-state index is -0.468. The SMILES string of the molecule is COC(=O)CCC(O)CN1CCc2ccccc2C1. The van der Waals surface area contributed by atoms with Gasteiger partial charge in [0.15, 0.2) is 0 Å². The number of hydrogen-bond acceptors (Lipinski definition) is 4. The van der Waals surface area contributed by atoms with E-state index in [9.17, 15) is 9.90 Å². The summed E-state index contributed by atoms with van der Waals surface area (Å²) in [5.41, 5.74) is 2.75. The Bertz CT molecular complexity index is 433. The van der Waals surface area contributed by atoms with E-state index in [1.807, 2.05) is 0 Å². The van der Waals surface area contributed by atoms with E-state index in [2.05, 4.69) is 33.9 Å². The number of nitrogens with zero attached hydrogens (tertiary/aromatic N) is 1. The van der Waals surface area contributed by atoms with Gasteiger partial charge >= 0.3 is 5.97 Å². The summed E-state index contributed by atoms with van der Waals surface area (Å²) in [5, 5.41) is 9.94. The normalized spacial score (nSPS) is 16.7. The van der Waals surface area contributed by atoms with Crippen LogP contribution in [0.2, 0.25) is 0 Å². The Balaban J connectivity index is 1.80. The molecule has 0 amide bonds. The summed E-state index contributed by atoms with van der Waals surface area (Å²) in [7, 11) is 1.37. The predicted octanol–water partition coefficient (Wildman–Crippen LogP) is 1.36. The Labute approximate surface area is 114 Å². The van der Waals surface area contributed by atoms with Gasteiger partial charge in [-0.3, -0.25) is 9.69 Å². The molecule has 1 aliphatic heterocycles. The second-order valence-corrected chi connectivity index (χ2v) is 5.02. The Hall–Kier alpha value is -1.39. The van der Waals surface area contributed by atoms with Crippen molar-refractivity contribution < 1.29 is 14.6 Å². The predicted molar refractivity (Wildman–Crippen MR) is 72.7 cm³/mol. The van der Waals surface area contributed by atoms with Crippen LogP contribution in [0.4, 0.5) is 0 Å². The Morgan fingerprint density at radius 1 is 1.42 bits per heavy atom. The van der Waals surface area contributed by atoms with Crippen LogP contribution in [0.25, 0.3) is 0 Å². The highest BCUT2D eigenvalue weighted by atomic mass is 16.5. The van der Waals surface area contributed by atoms with Gasteiger partial charge in [-0.1, -0.05) is 24.3 Å². The van der Waals surface area contributed by atoms with Gasteiger partial charge in [-0.25, -0.2) is 0 Å². The molecule has 0 aromatic heterocycles. The van der Waals surface area contributed by atoms with Crippen molar-refractivity contribution in [1.29, 1.82) is 0 Å². The second-order valence-electron chi connectivity index (χ2n) is 5.02. The fourth-order valence-electron chi connectivity index (χ4n) is 2.49. The van der Waals surface area contributed by atoms with Gasteiger partial charge in [-0.05, 0) is 24.0 Å². The van der Waals surface area contributed by atoms with Crippen molar-refractivity contribution in [3.05, 3.63) is 35.4 Å². The number of methoxy groups -OCH3 is 1. The minimum Gasteiger partial charge on any atom is -0.469 e. The lowest BCUT2D eigenvalue weighted by atomic mass is 9.99. The van der Waals surface area contributed by atoms with Crippen LogP contribution in [0.3, 0.4) is 0 Å². The molecule has 1 unspecified atom stereocenters. The second kappa shape index (κ2) is 6.68. The average Bonchev–Trinajstić information content (AvgIpc) is 2.44. The summed E-state index contributed by atoms with van der Waals surface area (Å²) in [4.78, 5) is 13.3. The highest BCUT2D eigenvalue weighted by Gasteiger charge is 2.18. The zero-order valence-corrected chi connectivity index (χ0v) is 11.3. The monoisotopic (exact) mass is 263 g/mol. The first-order chi connectivity index (χ1) is 9.19. The molecule has 0 aliphatic carbocycles. The Morgan fingerprint density at radius 3 is 2.89 bits per heavy atom. The van der Waals surface area contributed by atoms with Crippen LogP contribution in [0.5, 0.6) is 0 Å². The van der Waals surface area contributed by atoms with Gasteiger partial charge in [0.05, 0.1) is 13.2 Å². The molecule has 0 saturated carbocycles. The molecular formula is C15H21NO3. The molecule has 2 rings (SSSR count). The van der Waals surface area contributed by atoms with Gasteiger partial charge < -0.3 is 9.84 Å². The third-order valence-corrected chi connectivity index (χ3v) is 3.59. The number of β-amino-alcohol motifs (C(OH)–C–C–N with tert-alkyl or cyclic N) is 1. The molecule has 0 fully saturated rings. The van der Waals surface area contributed by atoms with Gasteiger partial charge in [0.2, 0.25) is 0 Å². The van der Waals surface area contributed by atoms with Crippen molar-refractivity contribution in [2.45, 2.75) is 31.9 Å². The van der Waals surface area contributed by atoms with Crippen LogP contribution in [-0.2, 0) is 22.5 Å². The number of hydrogen-bond donors (Lipinski definition) is 1. The smallest absolute Gasteiger partial charge is 0.305 e. The molecule has 1 heterocycles. The van der Waals surface area contributed by atoms with E-state index < -0.39 is 6.10 Å². The molecule has 0 bridgehead atoms. The Morgan fingerprint density at radius 2 is 2.16 bits per heavy atom. The lowest BCUT2D eigenvalue weighted by Crippen LogP contribution is -2.36. The molecule has 1 aliphatic rings. The third-order valence-electron chi connectivity index (χ3n) is 3.59. The molecule has 19 heavy (non-hydrogen) atoms. The number of fused-ring (bicyclic) bond motifs is 1. The standard InChI is InChI=1S/C15H21NO3/c1-19-15(18)7-6-14(17)11-16-9-8-12-4-2-3-5-13(12)10-16/h2-5,14,17H,6-11H2,1H3. The van der Waals surface area contributed by atoms with Crippen LogP contribution in [-0.4, -0.2) is 42.3 Å². The first-order valence-electron chi connectivity index (χ1n) is 6.73. The third kappa shape index (κ3) is 4.04. The average molecular weight is 263 g/mol.